The Labute approximate surface area is 189 Å². The molecule has 0 saturated carbocycles. The predicted octanol–water partition coefficient (Wildman–Crippen LogP) is 2.90. The number of thiophene rings is 1. The highest BCUT2D eigenvalue weighted by atomic mass is 32.1. The minimum atomic E-state index is -1.37. The van der Waals surface area contributed by atoms with Gasteiger partial charge < -0.3 is 15.0 Å². The van der Waals surface area contributed by atoms with E-state index in [0.717, 1.165) is 21.9 Å². The topological polar surface area (TPSA) is 101 Å². The van der Waals surface area contributed by atoms with Crippen LogP contribution < -0.4 is 15.4 Å². The van der Waals surface area contributed by atoms with Crippen LogP contribution in [-0.4, -0.2) is 41.4 Å². The third-order valence-corrected chi connectivity index (χ3v) is 6.36. The van der Waals surface area contributed by atoms with E-state index in [4.69, 9.17) is 4.74 Å². The molecule has 4 amide bonds. The van der Waals surface area contributed by atoms with Crippen molar-refractivity contribution < 1.29 is 19.1 Å². The summed E-state index contributed by atoms with van der Waals surface area (Å²) in [6.45, 7) is 2.74. The summed E-state index contributed by atoms with van der Waals surface area (Å²) in [4.78, 5) is 44.2. The van der Waals surface area contributed by atoms with Gasteiger partial charge in [0.1, 0.15) is 5.75 Å². The van der Waals surface area contributed by atoms with Crippen molar-refractivity contribution in [3.05, 3.63) is 71.2 Å². The van der Waals surface area contributed by atoms with E-state index in [-0.39, 0.29) is 13.1 Å². The number of imide groups is 1. The highest BCUT2D eigenvalue weighted by molar-refractivity contribution is 7.15. The van der Waals surface area contributed by atoms with Crippen molar-refractivity contribution in [3.63, 3.8) is 0 Å². The van der Waals surface area contributed by atoms with Crippen molar-refractivity contribution in [2.75, 3.05) is 13.2 Å². The molecule has 2 aromatic heterocycles. The highest BCUT2D eigenvalue weighted by Gasteiger charge is 2.50. The molecule has 3 heterocycles. The zero-order valence-electron chi connectivity index (χ0n) is 17.4. The van der Waals surface area contributed by atoms with Gasteiger partial charge >= 0.3 is 6.03 Å². The van der Waals surface area contributed by atoms with Crippen molar-refractivity contribution in [2.45, 2.75) is 19.0 Å². The number of nitrogens with one attached hydrogen (secondary N) is 2. The van der Waals surface area contributed by atoms with Gasteiger partial charge in [-0.25, -0.2) is 4.79 Å². The number of amides is 4. The molecule has 32 heavy (non-hydrogen) atoms. The van der Waals surface area contributed by atoms with Crippen molar-refractivity contribution in [3.8, 4) is 16.3 Å². The van der Waals surface area contributed by atoms with E-state index in [1.807, 2.05) is 55.5 Å². The average Bonchev–Trinajstić information content (AvgIpc) is 3.41. The van der Waals surface area contributed by atoms with E-state index >= 15 is 0 Å². The Morgan fingerprint density at radius 3 is 2.56 bits per heavy atom. The summed E-state index contributed by atoms with van der Waals surface area (Å²) in [5, 5.41) is 5.06. The summed E-state index contributed by atoms with van der Waals surface area (Å²) in [7, 11) is 0. The quantitative estimate of drug-likeness (QED) is 0.386. The van der Waals surface area contributed by atoms with Gasteiger partial charge in [-0.05, 0) is 48.9 Å². The van der Waals surface area contributed by atoms with Crippen LogP contribution in [0.5, 0.6) is 5.75 Å². The second kappa shape index (κ2) is 9.19. The fourth-order valence-corrected chi connectivity index (χ4v) is 4.71. The molecule has 0 aliphatic carbocycles. The molecule has 2 N–H and O–H groups in total. The van der Waals surface area contributed by atoms with Gasteiger partial charge in [0.05, 0.1) is 23.7 Å². The monoisotopic (exact) mass is 450 g/mol. The summed E-state index contributed by atoms with van der Waals surface area (Å²) in [6, 6.07) is 16.0. The number of carbonyl (C=O) groups excluding carboxylic acids is 3. The number of pyridine rings is 1. The second-order valence-electron chi connectivity index (χ2n) is 7.28. The molecule has 1 fully saturated rings. The predicted molar refractivity (Wildman–Crippen MR) is 120 cm³/mol. The van der Waals surface area contributed by atoms with E-state index in [9.17, 15) is 14.4 Å². The van der Waals surface area contributed by atoms with Gasteiger partial charge in [0.25, 0.3) is 5.91 Å². The number of rotatable bonds is 9. The molecule has 1 aromatic carbocycles. The largest absolute Gasteiger partial charge is 0.494 e. The highest BCUT2D eigenvalue weighted by Crippen LogP contribution is 2.36. The van der Waals surface area contributed by atoms with Gasteiger partial charge in [0.15, 0.2) is 5.54 Å². The Hall–Kier alpha value is -3.72. The summed E-state index contributed by atoms with van der Waals surface area (Å²) in [5.74, 6) is 0.254. The van der Waals surface area contributed by atoms with Crippen LogP contribution in [0.15, 0.2) is 60.8 Å². The molecule has 4 rings (SSSR count). The first-order valence-corrected chi connectivity index (χ1v) is 10.9. The lowest BCUT2D eigenvalue weighted by molar-refractivity contribution is -0.127. The fraction of sp³-hybridized carbons (Fsp3) is 0.217. The molecule has 1 aliphatic rings. The molecule has 0 bridgehead atoms. The van der Waals surface area contributed by atoms with Crippen LogP contribution in [0.1, 0.15) is 17.4 Å². The number of ether oxygens (including phenoxy) is 1. The maximum Gasteiger partial charge on any atom is 0.322 e. The molecule has 0 radical (unpaired) electrons. The molecular formula is C23H22N4O4S. The van der Waals surface area contributed by atoms with Gasteiger partial charge in [-0.2, -0.15) is 0 Å². The smallest absolute Gasteiger partial charge is 0.322 e. The van der Waals surface area contributed by atoms with Gasteiger partial charge in [0, 0.05) is 17.6 Å². The van der Waals surface area contributed by atoms with Crippen molar-refractivity contribution >= 4 is 29.7 Å². The number of hydrogen-bond donors (Lipinski definition) is 2. The van der Waals surface area contributed by atoms with Crippen LogP contribution in [0, 0.1) is 0 Å². The number of urea groups is 1. The van der Waals surface area contributed by atoms with Crippen molar-refractivity contribution in [1.82, 2.24) is 20.5 Å². The van der Waals surface area contributed by atoms with E-state index in [1.54, 1.807) is 12.3 Å². The van der Waals surface area contributed by atoms with E-state index in [2.05, 4.69) is 15.6 Å². The molecule has 1 saturated heterocycles. The van der Waals surface area contributed by atoms with Crippen LogP contribution in [0.3, 0.4) is 0 Å². The van der Waals surface area contributed by atoms with E-state index in [0.29, 0.717) is 17.9 Å². The molecule has 1 aliphatic heterocycles. The molecule has 3 aromatic rings. The first kappa shape index (κ1) is 21.5. The molecule has 9 heteroatoms. The fourth-order valence-electron chi connectivity index (χ4n) is 3.60. The molecule has 1 atom stereocenters. The zero-order valence-corrected chi connectivity index (χ0v) is 18.2. The van der Waals surface area contributed by atoms with Crippen LogP contribution in [-0.2, 0) is 21.7 Å². The number of nitrogens with zero attached hydrogens (tertiary/aromatic N) is 2. The normalized spacial score (nSPS) is 17.5. The maximum atomic E-state index is 12.9. The molecule has 164 valence electrons. The Morgan fingerprint density at radius 1 is 1.12 bits per heavy atom. The third kappa shape index (κ3) is 4.33. The van der Waals surface area contributed by atoms with Gasteiger partial charge in [-0.3, -0.25) is 19.9 Å². The minimum Gasteiger partial charge on any atom is -0.494 e. The van der Waals surface area contributed by atoms with Gasteiger partial charge in [0.2, 0.25) is 6.41 Å². The summed E-state index contributed by atoms with van der Waals surface area (Å²) in [6.07, 6.45) is 2.38. The van der Waals surface area contributed by atoms with Crippen LogP contribution in [0.2, 0.25) is 0 Å². The molecule has 0 spiro atoms. The minimum absolute atomic E-state index is 0.0105. The Kier molecular flexibility index (Phi) is 6.18. The average molecular weight is 451 g/mol. The Morgan fingerprint density at radius 2 is 1.94 bits per heavy atom. The third-order valence-electron chi connectivity index (χ3n) is 5.09. The number of hydrogen-bond acceptors (Lipinski definition) is 6. The SMILES string of the molecule is CCOc1ccc(CN(C=O)C[C@@]2(c3ccc(-c4ccccn4)s3)NC(=O)NC2=O)cc1. The van der Waals surface area contributed by atoms with Crippen LogP contribution in [0.25, 0.3) is 10.6 Å². The van der Waals surface area contributed by atoms with E-state index < -0.39 is 17.5 Å². The Balaban J connectivity index is 1.60. The number of benzene rings is 1. The first-order chi connectivity index (χ1) is 15.5. The van der Waals surface area contributed by atoms with Crippen LogP contribution >= 0.6 is 11.3 Å². The lowest BCUT2D eigenvalue weighted by atomic mass is 9.96. The van der Waals surface area contributed by atoms with Gasteiger partial charge in [-0.15, -0.1) is 11.3 Å². The lowest BCUT2D eigenvalue weighted by Crippen LogP contribution is -2.51. The lowest BCUT2D eigenvalue weighted by Gasteiger charge is -2.30. The molecular weight excluding hydrogens is 428 g/mol. The van der Waals surface area contributed by atoms with E-state index in [1.165, 1.54) is 16.2 Å². The first-order valence-electron chi connectivity index (χ1n) is 10.1. The number of aromatic nitrogens is 1. The maximum absolute atomic E-state index is 12.9. The van der Waals surface area contributed by atoms with Crippen molar-refractivity contribution in [2.24, 2.45) is 0 Å². The second-order valence-corrected chi connectivity index (χ2v) is 8.36. The van der Waals surface area contributed by atoms with Gasteiger partial charge in [-0.1, -0.05) is 18.2 Å². The summed E-state index contributed by atoms with van der Waals surface area (Å²) < 4.78 is 5.45. The zero-order chi connectivity index (χ0) is 22.6. The molecule has 0 unspecified atom stereocenters. The Bertz CT molecular complexity index is 1120. The standard InChI is InChI=1S/C23H22N4O4S/c1-2-31-17-8-6-16(7-9-17)13-27(15-28)14-23(21(29)25-22(30)26-23)20-11-10-19(32-20)18-5-3-4-12-24-18/h3-12,15H,2,13-14H2,1H3,(H2,25,26,29,30)/t23-/m0/s1. The summed E-state index contributed by atoms with van der Waals surface area (Å²) in [5.41, 5.74) is 0.270. The molecule has 8 nitrogen and oxygen atoms in total. The number of carbonyl (C=O) groups is 3. The van der Waals surface area contributed by atoms with Crippen molar-refractivity contribution in [1.29, 1.82) is 0 Å². The van der Waals surface area contributed by atoms with Crippen LogP contribution in [0.4, 0.5) is 4.79 Å². The summed E-state index contributed by atoms with van der Waals surface area (Å²) >= 11 is 1.36.